The molecule has 0 aromatic heterocycles. The zero-order valence-electron chi connectivity index (χ0n) is 11.1. The molecule has 0 aliphatic carbocycles. The number of aldehydes is 1. The second-order valence-electron chi connectivity index (χ2n) is 4.52. The molecule has 0 N–H and O–H groups in total. The number of carbonyl (C=O) groups is 1. The van der Waals surface area contributed by atoms with E-state index in [1.807, 2.05) is 0 Å². The lowest BCUT2D eigenvalue weighted by atomic mass is 10.2. The molecule has 1 fully saturated rings. The summed E-state index contributed by atoms with van der Waals surface area (Å²) in [5.74, 6) is 0.358. The molecule has 1 aromatic carbocycles. The van der Waals surface area contributed by atoms with Gasteiger partial charge in [-0.15, -0.1) is 0 Å². The van der Waals surface area contributed by atoms with Crippen LogP contribution in [0.1, 0.15) is 29.6 Å². The molecule has 1 aliphatic rings. The third-order valence-corrected chi connectivity index (χ3v) is 3.24. The Hall–Kier alpha value is -1.60. The number of rotatable bonds is 5. The van der Waals surface area contributed by atoms with Crippen LogP contribution in [0.15, 0.2) is 18.2 Å². The maximum atomic E-state index is 11.2. The van der Waals surface area contributed by atoms with Crippen LogP contribution >= 0.6 is 0 Å². The van der Waals surface area contributed by atoms with E-state index in [0.717, 1.165) is 25.5 Å². The lowest BCUT2D eigenvalue weighted by Gasteiger charge is -2.23. The van der Waals surface area contributed by atoms with Crippen LogP contribution < -0.4 is 8.92 Å². The highest BCUT2D eigenvalue weighted by Crippen LogP contribution is 2.27. The van der Waals surface area contributed by atoms with Crippen LogP contribution in [0.3, 0.4) is 0 Å². The number of carbonyl (C=O) groups excluding carboxylic acids is 1. The van der Waals surface area contributed by atoms with Crippen molar-refractivity contribution in [2.75, 3.05) is 12.9 Å². The molecule has 0 radical (unpaired) electrons. The molecule has 2 rings (SSSR count). The zero-order chi connectivity index (χ0) is 14.6. The molecule has 0 spiro atoms. The fourth-order valence-corrected chi connectivity index (χ4v) is 2.35. The SMILES string of the molecule is CS(=O)(=O)Oc1cc(OC2CCCCO2)ccc1C=O. The van der Waals surface area contributed by atoms with Crippen molar-refractivity contribution in [2.45, 2.75) is 25.6 Å². The Morgan fingerprint density at radius 3 is 2.75 bits per heavy atom. The smallest absolute Gasteiger partial charge is 0.306 e. The molecule has 1 atom stereocenters. The normalized spacial score (nSPS) is 19.4. The second kappa shape index (κ2) is 6.23. The number of hydrogen-bond acceptors (Lipinski definition) is 6. The van der Waals surface area contributed by atoms with E-state index in [1.165, 1.54) is 12.1 Å². The predicted molar refractivity (Wildman–Crippen MR) is 71.5 cm³/mol. The largest absolute Gasteiger partial charge is 0.465 e. The first kappa shape index (κ1) is 14.8. The molecule has 0 bridgehead atoms. The topological polar surface area (TPSA) is 78.9 Å². The van der Waals surface area contributed by atoms with Gasteiger partial charge in [-0.3, -0.25) is 4.79 Å². The van der Waals surface area contributed by atoms with Crippen molar-refractivity contribution in [1.82, 2.24) is 0 Å². The third-order valence-electron chi connectivity index (χ3n) is 2.76. The fourth-order valence-electron chi connectivity index (χ4n) is 1.88. The Labute approximate surface area is 117 Å². The van der Waals surface area contributed by atoms with Gasteiger partial charge in [-0.2, -0.15) is 8.42 Å². The molecule has 0 saturated carbocycles. The van der Waals surface area contributed by atoms with Crippen LogP contribution in [0.25, 0.3) is 0 Å². The van der Waals surface area contributed by atoms with Crippen LogP contribution in [-0.4, -0.2) is 33.9 Å². The van der Waals surface area contributed by atoms with Crippen molar-refractivity contribution in [2.24, 2.45) is 0 Å². The van der Waals surface area contributed by atoms with Crippen molar-refractivity contribution in [1.29, 1.82) is 0 Å². The van der Waals surface area contributed by atoms with E-state index in [0.29, 0.717) is 18.6 Å². The molecular weight excluding hydrogens is 284 g/mol. The predicted octanol–water partition coefficient (Wildman–Crippen LogP) is 1.74. The standard InChI is InChI=1S/C13H16O6S/c1-20(15,16)19-12-8-11(6-5-10(12)9-14)18-13-4-2-3-7-17-13/h5-6,8-9,13H,2-4,7H2,1H3. The first-order valence-corrected chi connectivity index (χ1v) is 8.06. The summed E-state index contributed by atoms with van der Waals surface area (Å²) in [6.45, 7) is 0.643. The molecule has 20 heavy (non-hydrogen) atoms. The minimum Gasteiger partial charge on any atom is -0.465 e. The summed E-state index contributed by atoms with van der Waals surface area (Å²) < 4.78 is 38.1. The highest BCUT2D eigenvalue weighted by molar-refractivity contribution is 7.86. The minimum atomic E-state index is -3.71. The fraction of sp³-hybridized carbons (Fsp3) is 0.462. The van der Waals surface area contributed by atoms with E-state index in [4.69, 9.17) is 13.7 Å². The van der Waals surface area contributed by atoms with Crippen molar-refractivity contribution in [3.05, 3.63) is 23.8 Å². The Morgan fingerprint density at radius 2 is 2.15 bits per heavy atom. The van der Waals surface area contributed by atoms with Gasteiger partial charge in [0.25, 0.3) is 0 Å². The van der Waals surface area contributed by atoms with Gasteiger partial charge in [0.1, 0.15) is 5.75 Å². The lowest BCUT2D eigenvalue weighted by Crippen LogP contribution is -2.25. The van der Waals surface area contributed by atoms with E-state index in [1.54, 1.807) is 6.07 Å². The number of hydrogen-bond donors (Lipinski definition) is 0. The summed E-state index contributed by atoms with van der Waals surface area (Å²) in [7, 11) is -3.71. The average Bonchev–Trinajstić information content (AvgIpc) is 2.38. The van der Waals surface area contributed by atoms with Crippen LogP contribution in [0.4, 0.5) is 0 Å². The highest BCUT2D eigenvalue weighted by atomic mass is 32.2. The Kier molecular flexibility index (Phi) is 4.61. The Morgan fingerprint density at radius 1 is 1.35 bits per heavy atom. The van der Waals surface area contributed by atoms with Crippen LogP contribution in [0.5, 0.6) is 11.5 Å². The van der Waals surface area contributed by atoms with E-state index in [-0.39, 0.29) is 17.6 Å². The highest BCUT2D eigenvalue weighted by Gasteiger charge is 2.17. The van der Waals surface area contributed by atoms with E-state index in [9.17, 15) is 13.2 Å². The van der Waals surface area contributed by atoms with E-state index >= 15 is 0 Å². The summed E-state index contributed by atoms with van der Waals surface area (Å²) in [4.78, 5) is 10.9. The van der Waals surface area contributed by atoms with Crippen LogP contribution in [-0.2, 0) is 14.9 Å². The van der Waals surface area contributed by atoms with E-state index in [2.05, 4.69) is 0 Å². The maximum Gasteiger partial charge on any atom is 0.306 e. The van der Waals surface area contributed by atoms with Crippen molar-refractivity contribution < 1.29 is 26.9 Å². The summed E-state index contributed by atoms with van der Waals surface area (Å²) in [5, 5.41) is 0. The molecule has 6 nitrogen and oxygen atoms in total. The minimum absolute atomic E-state index is 0.0455. The summed E-state index contributed by atoms with van der Waals surface area (Å²) in [6.07, 6.45) is 3.89. The van der Waals surface area contributed by atoms with Gasteiger partial charge in [0, 0.05) is 12.5 Å². The molecule has 0 amide bonds. The first-order chi connectivity index (χ1) is 9.48. The van der Waals surface area contributed by atoms with Gasteiger partial charge in [0.05, 0.1) is 18.4 Å². The molecule has 110 valence electrons. The van der Waals surface area contributed by atoms with Gasteiger partial charge in [0.15, 0.2) is 18.3 Å². The van der Waals surface area contributed by atoms with Gasteiger partial charge >= 0.3 is 10.1 Å². The van der Waals surface area contributed by atoms with Crippen LogP contribution in [0, 0.1) is 0 Å². The lowest BCUT2D eigenvalue weighted by molar-refractivity contribution is -0.105. The summed E-state index contributed by atoms with van der Waals surface area (Å²) >= 11 is 0. The first-order valence-electron chi connectivity index (χ1n) is 6.25. The molecule has 1 aromatic rings. The molecule has 7 heteroatoms. The monoisotopic (exact) mass is 300 g/mol. The second-order valence-corrected chi connectivity index (χ2v) is 6.09. The van der Waals surface area contributed by atoms with Gasteiger partial charge in [-0.1, -0.05) is 0 Å². The summed E-state index contributed by atoms with van der Waals surface area (Å²) in [5.41, 5.74) is 0.146. The summed E-state index contributed by atoms with van der Waals surface area (Å²) in [6, 6.07) is 4.41. The van der Waals surface area contributed by atoms with E-state index < -0.39 is 10.1 Å². The molecule has 1 unspecified atom stereocenters. The zero-order valence-corrected chi connectivity index (χ0v) is 11.9. The molecular formula is C13H16O6S. The number of ether oxygens (including phenoxy) is 2. The van der Waals surface area contributed by atoms with Gasteiger partial charge in [0.2, 0.25) is 0 Å². The van der Waals surface area contributed by atoms with Crippen molar-refractivity contribution in [3.8, 4) is 11.5 Å². The Balaban J connectivity index is 2.17. The van der Waals surface area contributed by atoms with Gasteiger partial charge < -0.3 is 13.7 Å². The Bertz CT molecular complexity index is 575. The maximum absolute atomic E-state index is 11.2. The third kappa shape index (κ3) is 4.21. The molecule has 1 aliphatic heterocycles. The molecule has 1 heterocycles. The molecule has 1 saturated heterocycles. The van der Waals surface area contributed by atoms with Crippen LogP contribution in [0.2, 0.25) is 0 Å². The quantitative estimate of drug-likeness (QED) is 0.609. The van der Waals surface area contributed by atoms with Gasteiger partial charge in [-0.05, 0) is 25.0 Å². The van der Waals surface area contributed by atoms with Crippen molar-refractivity contribution in [3.63, 3.8) is 0 Å². The average molecular weight is 300 g/mol. The van der Waals surface area contributed by atoms with Crippen molar-refractivity contribution >= 4 is 16.4 Å². The number of benzene rings is 1. The van der Waals surface area contributed by atoms with Gasteiger partial charge in [-0.25, -0.2) is 0 Å².